The number of ether oxygens (including phenoxy) is 5. The summed E-state index contributed by atoms with van der Waals surface area (Å²) in [5.74, 6) is 3.04. The van der Waals surface area contributed by atoms with Gasteiger partial charge in [0.1, 0.15) is 39.9 Å². The van der Waals surface area contributed by atoms with E-state index in [1.165, 1.54) is 24.3 Å². The van der Waals surface area contributed by atoms with E-state index >= 15 is 0 Å². The zero-order valence-corrected chi connectivity index (χ0v) is 36.7. The Morgan fingerprint density at radius 2 is 0.879 bits per heavy atom. The fourth-order valence-electron chi connectivity index (χ4n) is 7.11. The first-order valence-electron chi connectivity index (χ1n) is 21.3. The Morgan fingerprint density at radius 1 is 0.530 bits per heavy atom. The minimum atomic E-state index is -1.37. The molecule has 0 aliphatic carbocycles. The van der Waals surface area contributed by atoms with Crippen LogP contribution in [0.25, 0.3) is 0 Å². The van der Waals surface area contributed by atoms with E-state index in [0.717, 1.165) is 40.2 Å². The van der Waals surface area contributed by atoms with E-state index in [9.17, 15) is 25.1 Å². The third kappa shape index (κ3) is 12.1. The lowest BCUT2D eigenvalue weighted by Gasteiger charge is -2.30. The zero-order chi connectivity index (χ0) is 46.8. The normalized spacial score (nSPS) is 12.5. The number of benzene rings is 7. The molecule has 7 rings (SSSR count). The molecule has 13 heteroatoms. The summed E-state index contributed by atoms with van der Waals surface area (Å²) >= 11 is 0. The van der Waals surface area contributed by atoms with Crippen molar-refractivity contribution in [2.45, 2.75) is 24.0 Å². The van der Waals surface area contributed by atoms with Gasteiger partial charge in [-0.2, -0.15) is 0 Å². The van der Waals surface area contributed by atoms with Crippen molar-refractivity contribution in [2.75, 3.05) is 40.5 Å². The molecule has 0 radical (unpaired) electrons. The van der Waals surface area contributed by atoms with Crippen molar-refractivity contribution in [2.24, 2.45) is 5.73 Å². The van der Waals surface area contributed by atoms with E-state index in [-0.39, 0.29) is 11.4 Å². The Balaban J connectivity index is 0.000000233. The molecular weight excluding hydrogens is 839 g/mol. The van der Waals surface area contributed by atoms with Crippen LogP contribution in [0.15, 0.2) is 182 Å². The predicted octanol–water partition coefficient (Wildman–Crippen LogP) is 9.15. The van der Waals surface area contributed by atoms with Crippen molar-refractivity contribution >= 4 is 11.8 Å². The van der Waals surface area contributed by atoms with Crippen LogP contribution in [-0.2, 0) is 11.2 Å². The van der Waals surface area contributed by atoms with Crippen LogP contribution in [0.3, 0.4) is 0 Å². The van der Waals surface area contributed by atoms with E-state index in [0.29, 0.717) is 55.4 Å². The van der Waals surface area contributed by atoms with Crippen LogP contribution in [0.5, 0.6) is 28.7 Å². The summed E-state index contributed by atoms with van der Waals surface area (Å²) in [6, 6.07) is 53.9. The Bertz CT molecular complexity index is 2560. The second-order valence-corrected chi connectivity index (χ2v) is 14.9. The first kappa shape index (κ1) is 47.8. The lowest BCUT2D eigenvalue weighted by Crippen LogP contribution is -2.29. The van der Waals surface area contributed by atoms with Crippen molar-refractivity contribution in [3.63, 3.8) is 0 Å². The number of methoxy groups -OCH3 is 2. The summed E-state index contributed by atoms with van der Waals surface area (Å²) in [7, 11) is 3.22. The van der Waals surface area contributed by atoms with Gasteiger partial charge in [-0.25, -0.2) is 4.79 Å². The predicted molar refractivity (Wildman–Crippen MR) is 252 cm³/mol. The van der Waals surface area contributed by atoms with Crippen molar-refractivity contribution in [3.05, 3.63) is 225 Å². The third-order valence-corrected chi connectivity index (χ3v) is 10.7. The third-order valence-electron chi connectivity index (χ3n) is 10.7. The maximum absolute atomic E-state index is 12.0. The highest BCUT2D eigenvalue weighted by atomic mass is 16.6. The maximum Gasteiger partial charge on any atom is 0.412 e. The van der Waals surface area contributed by atoms with Crippen molar-refractivity contribution in [1.82, 2.24) is 5.32 Å². The lowest BCUT2D eigenvalue weighted by atomic mass is 9.80. The monoisotopic (exact) mass is 891 g/mol. The Labute approximate surface area is 384 Å². The van der Waals surface area contributed by atoms with Gasteiger partial charge >= 0.3 is 6.09 Å². The van der Waals surface area contributed by atoms with Crippen LogP contribution >= 0.6 is 0 Å². The number of rotatable bonds is 19. The standard InChI is InChI=1S/C30H28N2O7.C23H25NO3/c1-37-26-14-8-23(9-15-26)30(34,22-6-3-2-4-7-22)24-10-16-27(17-11-24)38-21-5-20-31-29(33)39-28-18-12-25(13-19-28)32(35)36;1-26-21-12-8-19(9-13-21)23(25,18-6-3-2-4-7-18)20-10-14-22(15-11-20)27-17-5-16-24/h2-4,6-19,34H,5,20-21H2,1H3,(H,31,33);2-4,6-15,25H,5,16-17,24H2,1H3. The fraction of sp³-hybridized carbons (Fsp3) is 0.189. The van der Waals surface area contributed by atoms with Crippen molar-refractivity contribution in [1.29, 1.82) is 0 Å². The van der Waals surface area contributed by atoms with Gasteiger partial charge in [-0.3, -0.25) is 10.1 Å². The van der Waals surface area contributed by atoms with E-state index in [1.807, 2.05) is 146 Å². The average molecular weight is 892 g/mol. The molecule has 340 valence electrons. The van der Waals surface area contributed by atoms with Gasteiger partial charge in [0.05, 0.1) is 32.4 Å². The van der Waals surface area contributed by atoms with Crippen LogP contribution < -0.4 is 34.7 Å². The topological polar surface area (TPSA) is 185 Å². The number of carbonyl (C=O) groups excluding carboxylic acids is 1. The second kappa shape index (κ2) is 23.3. The minimum absolute atomic E-state index is 0.0848. The summed E-state index contributed by atoms with van der Waals surface area (Å²) in [6.07, 6.45) is 0.672. The van der Waals surface area contributed by atoms with Crippen LogP contribution in [-0.4, -0.2) is 61.8 Å². The molecule has 66 heavy (non-hydrogen) atoms. The van der Waals surface area contributed by atoms with Gasteiger partial charge in [0, 0.05) is 18.7 Å². The largest absolute Gasteiger partial charge is 0.497 e. The fourth-order valence-corrected chi connectivity index (χ4v) is 7.11. The molecule has 7 aromatic rings. The van der Waals surface area contributed by atoms with Crippen LogP contribution in [0.4, 0.5) is 10.5 Å². The van der Waals surface area contributed by atoms with Gasteiger partial charge in [-0.05, 0) is 113 Å². The van der Waals surface area contributed by atoms with Crippen LogP contribution in [0.1, 0.15) is 46.2 Å². The van der Waals surface area contributed by atoms with Gasteiger partial charge in [0.2, 0.25) is 0 Å². The maximum atomic E-state index is 12.0. The number of nitrogens with zero attached hydrogens (tertiary/aromatic N) is 1. The van der Waals surface area contributed by atoms with Crippen molar-refractivity contribution < 1.29 is 43.6 Å². The van der Waals surface area contributed by atoms with Gasteiger partial charge in [0.15, 0.2) is 0 Å². The lowest BCUT2D eigenvalue weighted by molar-refractivity contribution is -0.384. The number of aliphatic hydroxyl groups is 2. The molecular formula is C53H53N3O10. The zero-order valence-electron chi connectivity index (χ0n) is 36.7. The molecule has 0 aliphatic heterocycles. The highest BCUT2D eigenvalue weighted by Crippen LogP contribution is 2.39. The molecule has 0 bridgehead atoms. The quantitative estimate of drug-likeness (QED) is 0.0263. The molecule has 13 nitrogen and oxygen atoms in total. The molecule has 0 heterocycles. The summed E-state index contributed by atoms with van der Waals surface area (Å²) in [5, 5.41) is 37.1. The molecule has 0 fully saturated rings. The molecule has 2 unspecified atom stereocenters. The second-order valence-electron chi connectivity index (χ2n) is 14.9. The number of hydrogen-bond acceptors (Lipinski definition) is 11. The number of carbonyl (C=O) groups is 1. The van der Waals surface area contributed by atoms with Gasteiger partial charge in [-0.1, -0.05) is 109 Å². The van der Waals surface area contributed by atoms with E-state index in [4.69, 9.17) is 29.4 Å². The summed E-state index contributed by atoms with van der Waals surface area (Å²) in [5.41, 5.74) is 7.22. The first-order valence-corrected chi connectivity index (χ1v) is 21.3. The molecule has 0 spiro atoms. The molecule has 5 N–H and O–H groups in total. The number of nitro groups is 1. The SMILES string of the molecule is COc1ccc(C(O)(c2ccccc2)c2ccc(OCCCN)cc2)cc1.COc1ccc(C(O)(c2ccccc2)c2ccc(OCCCNC(=O)Oc3ccc([N+](=O)[O-])cc3)cc2)cc1. The number of hydrogen-bond donors (Lipinski definition) is 4. The molecule has 1 amide bonds. The molecule has 0 saturated carbocycles. The minimum Gasteiger partial charge on any atom is -0.497 e. The molecule has 2 atom stereocenters. The Morgan fingerprint density at radius 3 is 1.24 bits per heavy atom. The van der Waals surface area contributed by atoms with Gasteiger partial charge < -0.3 is 44.9 Å². The molecule has 0 aliphatic rings. The van der Waals surface area contributed by atoms with E-state index in [2.05, 4.69) is 5.32 Å². The smallest absolute Gasteiger partial charge is 0.412 e. The number of nitrogens with two attached hydrogens (primary N) is 1. The Kier molecular flexibility index (Phi) is 16.9. The summed E-state index contributed by atoms with van der Waals surface area (Å²) < 4.78 is 27.1. The number of amides is 1. The van der Waals surface area contributed by atoms with Crippen LogP contribution in [0.2, 0.25) is 0 Å². The average Bonchev–Trinajstić information content (AvgIpc) is 3.37. The first-order chi connectivity index (χ1) is 32.1. The summed E-state index contributed by atoms with van der Waals surface area (Å²) in [6.45, 7) is 1.84. The van der Waals surface area contributed by atoms with Gasteiger partial charge in [0.25, 0.3) is 5.69 Å². The van der Waals surface area contributed by atoms with E-state index in [1.54, 1.807) is 26.4 Å². The highest BCUT2D eigenvalue weighted by molar-refractivity contribution is 5.70. The van der Waals surface area contributed by atoms with Gasteiger partial charge in [-0.15, -0.1) is 0 Å². The molecule has 0 saturated heterocycles. The number of nitro benzene ring substituents is 1. The highest BCUT2D eigenvalue weighted by Gasteiger charge is 2.35. The number of nitrogens with one attached hydrogen (secondary N) is 1. The van der Waals surface area contributed by atoms with Crippen molar-refractivity contribution in [3.8, 4) is 28.7 Å². The van der Waals surface area contributed by atoms with E-state index < -0.39 is 22.2 Å². The molecule has 7 aromatic carbocycles. The van der Waals surface area contributed by atoms with Crippen LogP contribution in [0, 0.1) is 10.1 Å². The molecule has 0 aromatic heterocycles. The summed E-state index contributed by atoms with van der Waals surface area (Å²) in [4.78, 5) is 22.1. The Hall–Kier alpha value is -7.71. The number of non-ortho nitro benzene ring substituents is 1.